The Labute approximate surface area is 198 Å². The predicted octanol–water partition coefficient (Wildman–Crippen LogP) is 5.44. The Morgan fingerprint density at radius 3 is 2.59 bits per heavy atom. The maximum absolute atomic E-state index is 11.8. The molecule has 0 aliphatic rings. The zero-order valence-corrected chi connectivity index (χ0v) is 20.7. The molecule has 3 rings (SSSR count). The summed E-state index contributed by atoms with van der Waals surface area (Å²) in [6.45, 7) is 6.95. The second-order valence-corrected chi connectivity index (χ2v) is 8.85. The number of halogens is 1. The summed E-state index contributed by atoms with van der Waals surface area (Å²) in [5, 5.41) is 4.78. The second kappa shape index (κ2) is 11.3. The van der Waals surface area contributed by atoms with E-state index in [-0.39, 0.29) is 12.4 Å². The van der Waals surface area contributed by atoms with Gasteiger partial charge in [-0.15, -0.1) is 0 Å². The molecule has 170 valence electrons. The average molecular weight is 500 g/mol. The fraction of sp³-hybridized carbons (Fsp3) is 0.400. The highest BCUT2D eigenvalue weighted by atomic mass is 79.9. The Morgan fingerprint density at radius 2 is 1.94 bits per heavy atom. The third kappa shape index (κ3) is 5.97. The van der Waals surface area contributed by atoms with Crippen molar-refractivity contribution < 1.29 is 14.3 Å². The van der Waals surface area contributed by atoms with E-state index in [9.17, 15) is 4.79 Å². The number of aryl methyl sites for hydroxylation is 2. The topological polar surface area (TPSA) is 66.2 Å². The molecule has 0 unspecified atom stereocenters. The van der Waals surface area contributed by atoms with Crippen LogP contribution >= 0.6 is 15.9 Å². The maximum Gasteiger partial charge on any atom is 0.310 e. The van der Waals surface area contributed by atoms with Gasteiger partial charge < -0.3 is 9.47 Å². The van der Waals surface area contributed by atoms with E-state index in [4.69, 9.17) is 14.6 Å². The van der Waals surface area contributed by atoms with Crippen molar-refractivity contribution in [3.63, 3.8) is 0 Å². The van der Waals surface area contributed by atoms with Gasteiger partial charge in [0.1, 0.15) is 5.75 Å². The monoisotopic (exact) mass is 499 g/mol. The Kier molecular flexibility index (Phi) is 8.45. The Morgan fingerprint density at radius 1 is 1.16 bits per heavy atom. The highest BCUT2D eigenvalue weighted by molar-refractivity contribution is 9.10. The van der Waals surface area contributed by atoms with Gasteiger partial charge in [0.15, 0.2) is 5.82 Å². The normalized spacial score (nSPS) is 11.1. The van der Waals surface area contributed by atoms with Gasteiger partial charge in [-0.1, -0.05) is 39.0 Å². The van der Waals surface area contributed by atoms with Crippen LogP contribution in [0.2, 0.25) is 0 Å². The molecule has 32 heavy (non-hydrogen) atoms. The van der Waals surface area contributed by atoms with Crippen molar-refractivity contribution in [3.05, 3.63) is 69.6 Å². The number of hydrogen-bond donors (Lipinski definition) is 0. The van der Waals surface area contributed by atoms with Gasteiger partial charge in [0, 0.05) is 22.4 Å². The predicted molar refractivity (Wildman–Crippen MR) is 129 cm³/mol. The summed E-state index contributed by atoms with van der Waals surface area (Å²) in [6.07, 6.45) is 6.59. The third-order valence-corrected chi connectivity index (χ3v) is 5.74. The SMILES string of the molecule is CCc1cccc(CC(=O)OC)c1OCCCc1cn(-c2ccc(Br)cn2)nc1C(C)C. The quantitative estimate of drug-likeness (QED) is 0.274. The van der Waals surface area contributed by atoms with E-state index >= 15 is 0 Å². The lowest BCUT2D eigenvalue weighted by Crippen LogP contribution is -2.09. The molecule has 0 spiro atoms. The first-order chi connectivity index (χ1) is 15.4. The molecular weight excluding hydrogens is 470 g/mol. The van der Waals surface area contributed by atoms with E-state index in [1.165, 1.54) is 12.7 Å². The fourth-order valence-electron chi connectivity index (χ4n) is 3.63. The van der Waals surface area contributed by atoms with Crippen LogP contribution in [-0.2, 0) is 28.8 Å². The largest absolute Gasteiger partial charge is 0.493 e. The minimum Gasteiger partial charge on any atom is -0.493 e. The molecule has 0 aliphatic carbocycles. The zero-order valence-electron chi connectivity index (χ0n) is 19.1. The molecule has 0 fully saturated rings. The maximum atomic E-state index is 11.8. The molecule has 0 saturated heterocycles. The number of methoxy groups -OCH3 is 1. The van der Waals surface area contributed by atoms with Crippen molar-refractivity contribution in [2.75, 3.05) is 13.7 Å². The number of para-hydroxylation sites is 1. The highest BCUT2D eigenvalue weighted by Crippen LogP contribution is 2.26. The average Bonchev–Trinajstić information content (AvgIpc) is 3.22. The van der Waals surface area contributed by atoms with Gasteiger partial charge in [-0.05, 0) is 64.4 Å². The van der Waals surface area contributed by atoms with Gasteiger partial charge in [0.25, 0.3) is 0 Å². The molecule has 0 amide bonds. The molecule has 0 radical (unpaired) electrons. The lowest BCUT2D eigenvalue weighted by Gasteiger charge is -2.15. The van der Waals surface area contributed by atoms with Crippen LogP contribution in [0.4, 0.5) is 0 Å². The Hall–Kier alpha value is -2.67. The number of carbonyl (C=O) groups is 1. The first kappa shape index (κ1) is 24.0. The lowest BCUT2D eigenvalue weighted by molar-refractivity contribution is -0.139. The van der Waals surface area contributed by atoms with Crippen molar-refractivity contribution in [2.45, 2.75) is 52.4 Å². The number of aromatic nitrogens is 3. The van der Waals surface area contributed by atoms with Crippen molar-refractivity contribution in [3.8, 4) is 11.6 Å². The van der Waals surface area contributed by atoms with Crippen molar-refractivity contribution >= 4 is 21.9 Å². The van der Waals surface area contributed by atoms with Crippen LogP contribution in [0, 0.1) is 0 Å². The Balaban J connectivity index is 1.69. The van der Waals surface area contributed by atoms with Crippen LogP contribution in [-0.4, -0.2) is 34.5 Å². The molecule has 7 heteroatoms. The number of carbonyl (C=O) groups excluding carboxylic acids is 1. The highest BCUT2D eigenvalue weighted by Gasteiger charge is 2.15. The first-order valence-corrected chi connectivity index (χ1v) is 11.7. The van der Waals surface area contributed by atoms with Crippen molar-refractivity contribution in [2.24, 2.45) is 0 Å². The van der Waals surface area contributed by atoms with E-state index in [2.05, 4.69) is 47.9 Å². The summed E-state index contributed by atoms with van der Waals surface area (Å²) in [6, 6.07) is 9.84. The minimum absolute atomic E-state index is 0.212. The number of esters is 1. The molecule has 2 aromatic heterocycles. The number of benzene rings is 1. The van der Waals surface area contributed by atoms with Crippen LogP contribution in [0.15, 0.2) is 47.2 Å². The zero-order chi connectivity index (χ0) is 23.1. The van der Waals surface area contributed by atoms with Crippen LogP contribution in [0.1, 0.15) is 55.5 Å². The van der Waals surface area contributed by atoms with Gasteiger partial charge in [-0.2, -0.15) is 5.10 Å². The summed E-state index contributed by atoms with van der Waals surface area (Å²) in [5.41, 5.74) is 4.25. The van der Waals surface area contributed by atoms with Gasteiger partial charge in [-0.3, -0.25) is 4.79 Å². The molecule has 2 heterocycles. The second-order valence-electron chi connectivity index (χ2n) is 7.94. The summed E-state index contributed by atoms with van der Waals surface area (Å²) >= 11 is 3.42. The molecule has 0 aliphatic heterocycles. The Bertz CT molecular complexity index is 1050. The number of rotatable bonds is 10. The van der Waals surface area contributed by atoms with Gasteiger partial charge >= 0.3 is 5.97 Å². The number of nitrogens with zero attached hydrogens (tertiary/aromatic N) is 3. The van der Waals surface area contributed by atoms with Gasteiger partial charge in [0.05, 0.1) is 25.8 Å². The number of ether oxygens (including phenoxy) is 2. The fourth-order valence-corrected chi connectivity index (χ4v) is 3.86. The van der Waals surface area contributed by atoms with Crippen LogP contribution in [0.3, 0.4) is 0 Å². The molecule has 0 bridgehead atoms. The molecular formula is C25H30BrN3O3. The van der Waals surface area contributed by atoms with Crippen molar-refractivity contribution in [1.29, 1.82) is 0 Å². The molecule has 6 nitrogen and oxygen atoms in total. The van der Waals surface area contributed by atoms with Crippen LogP contribution in [0.5, 0.6) is 5.75 Å². The summed E-state index contributed by atoms with van der Waals surface area (Å²) in [4.78, 5) is 16.2. The van der Waals surface area contributed by atoms with Gasteiger partial charge in [-0.25, -0.2) is 9.67 Å². The smallest absolute Gasteiger partial charge is 0.310 e. The molecule has 0 N–H and O–H groups in total. The molecule has 0 atom stereocenters. The molecule has 3 aromatic rings. The molecule has 0 saturated carbocycles. The van der Waals surface area contributed by atoms with E-state index in [0.717, 1.165) is 52.1 Å². The van der Waals surface area contributed by atoms with Crippen LogP contribution in [0.25, 0.3) is 5.82 Å². The number of pyridine rings is 1. The van der Waals surface area contributed by atoms with Crippen LogP contribution < -0.4 is 4.74 Å². The van der Waals surface area contributed by atoms with E-state index in [1.54, 1.807) is 6.20 Å². The van der Waals surface area contributed by atoms with Gasteiger partial charge in [0.2, 0.25) is 0 Å². The van der Waals surface area contributed by atoms with E-state index < -0.39 is 0 Å². The first-order valence-electron chi connectivity index (χ1n) is 10.9. The van der Waals surface area contributed by atoms with Crippen molar-refractivity contribution in [1.82, 2.24) is 14.8 Å². The van der Waals surface area contributed by atoms with E-state index in [0.29, 0.717) is 12.5 Å². The van der Waals surface area contributed by atoms with E-state index in [1.807, 2.05) is 35.0 Å². The third-order valence-electron chi connectivity index (χ3n) is 5.27. The standard InChI is InChI=1S/C25H30BrN3O3/c1-5-18-8-6-9-19(14-23(30)31-4)25(18)32-13-7-10-20-16-29(28-24(20)17(2)3)22-12-11-21(26)15-27-22/h6,8-9,11-12,15-17H,5,7,10,13-14H2,1-4H3. The summed E-state index contributed by atoms with van der Waals surface area (Å²) in [7, 11) is 1.41. The lowest BCUT2D eigenvalue weighted by atomic mass is 10.0. The minimum atomic E-state index is -0.265. The molecule has 1 aromatic carbocycles. The number of hydrogen-bond acceptors (Lipinski definition) is 5. The summed E-state index contributed by atoms with van der Waals surface area (Å²) < 4.78 is 13.8. The summed E-state index contributed by atoms with van der Waals surface area (Å²) in [5.74, 6) is 1.65.